The van der Waals surface area contributed by atoms with Crippen molar-refractivity contribution in [1.29, 1.82) is 0 Å². The molecule has 10 heteroatoms. The molecule has 1 heterocycles. The molecule has 1 aromatic heterocycles. The van der Waals surface area contributed by atoms with Gasteiger partial charge in [-0.3, -0.25) is 0 Å². The van der Waals surface area contributed by atoms with Gasteiger partial charge in [0.25, 0.3) is 0 Å². The molecule has 2 N–H and O–H groups in total. The van der Waals surface area contributed by atoms with E-state index >= 15 is 0 Å². The van der Waals surface area contributed by atoms with Gasteiger partial charge in [-0.2, -0.15) is 18.3 Å². The molecule has 0 aliphatic heterocycles. The molecule has 2 rings (SSSR count). The van der Waals surface area contributed by atoms with Gasteiger partial charge < -0.3 is 15.2 Å². The summed E-state index contributed by atoms with van der Waals surface area (Å²) in [4.78, 5) is 22.7. The molecule has 1 amide bonds. The Kier molecular flexibility index (Phi) is 5.48. The van der Waals surface area contributed by atoms with Gasteiger partial charge in [-0.05, 0) is 38.5 Å². The number of carbonyl (C=O) groups is 2. The molecule has 0 spiro atoms. The van der Waals surface area contributed by atoms with Crippen LogP contribution in [0.4, 0.5) is 18.0 Å². The third-order valence-corrected chi connectivity index (χ3v) is 3.22. The molecule has 0 fully saturated rings. The Hall–Kier alpha value is -3.04. The Morgan fingerprint density at radius 2 is 1.93 bits per heavy atom. The lowest BCUT2D eigenvalue weighted by molar-refractivity contribution is -0.141. The number of alkyl halides is 3. The number of carboxylic acid groups (broad SMARTS) is 1. The second kappa shape index (κ2) is 7.29. The molecule has 0 aliphatic rings. The van der Waals surface area contributed by atoms with Crippen LogP contribution >= 0.6 is 0 Å². The largest absolute Gasteiger partial charge is 0.478 e. The zero-order chi connectivity index (χ0) is 20.4. The second-order valence-corrected chi connectivity index (χ2v) is 6.66. The van der Waals surface area contributed by atoms with Crippen LogP contribution in [0.25, 0.3) is 5.69 Å². The van der Waals surface area contributed by atoms with Gasteiger partial charge in [0.15, 0.2) is 5.69 Å². The van der Waals surface area contributed by atoms with Crippen LogP contribution in [0.15, 0.2) is 30.5 Å². The van der Waals surface area contributed by atoms with E-state index in [-0.39, 0.29) is 12.2 Å². The van der Waals surface area contributed by atoms with Gasteiger partial charge in [-0.25, -0.2) is 14.3 Å². The lowest BCUT2D eigenvalue weighted by atomic mass is 10.2. The predicted octanol–water partition coefficient (Wildman–Crippen LogP) is 3.61. The number of nitrogens with zero attached hydrogens (tertiary/aromatic N) is 2. The van der Waals surface area contributed by atoms with Crippen LogP contribution in [0, 0.1) is 0 Å². The van der Waals surface area contributed by atoms with Crippen molar-refractivity contribution in [3.8, 4) is 5.69 Å². The summed E-state index contributed by atoms with van der Waals surface area (Å²) in [5.41, 5.74) is -2.30. The summed E-state index contributed by atoms with van der Waals surface area (Å²) >= 11 is 0. The highest BCUT2D eigenvalue weighted by atomic mass is 19.4. The predicted molar refractivity (Wildman–Crippen MR) is 88.6 cm³/mol. The number of alkyl carbamates (subject to hydrolysis) is 1. The summed E-state index contributed by atoms with van der Waals surface area (Å²) in [5.74, 6) is -1.73. The molecule has 0 unspecified atom stereocenters. The fourth-order valence-electron chi connectivity index (χ4n) is 2.17. The first-order chi connectivity index (χ1) is 12.4. The van der Waals surface area contributed by atoms with E-state index in [0.29, 0.717) is 5.56 Å². The van der Waals surface area contributed by atoms with Gasteiger partial charge in [0.2, 0.25) is 0 Å². The topological polar surface area (TPSA) is 93.5 Å². The highest BCUT2D eigenvalue weighted by Gasteiger charge is 2.39. The van der Waals surface area contributed by atoms with Crippen LogP contribution in [0.2, 0.25) is 0 Å². The molecule has 7 nitrogen and oxygen atoms in total. The zero-order valence-electron chi connectivity index (χ0n) is 14.8. The van der Waals surface area contributed by atoms with Gasteiger partial charge in [0.1, 0.15) is 11.2 Å². The van der Waals surface area contributed by atoms with Gasteiger partial charge >= 0.3 is 18.2 Å². The maximum Gasteiger partial charge on any atom is 0.436 e. The number of carboxylic acids is 1. The van der Waals surface area contributed by atoms with Crippen LogP contribution in [0.5, 0.6) is 0 Å². The average Bonchev–Trinajstić information content (AvgIpc) is 2.97. The molecule has 0 atom stereocenters. The first-order valence-corrected chi connectivity index (χ1v) is 7.83. The molecule has 27 heavy (non-hydrogen) atoms. The van der Waals surface area contributed by atoms with Crippen molar-refractivity contribution in [2.24, 2.45) is 0 Å². The van der Waals surface area contributed by atoms with Crippen molar-refractivity contribution in [3.63, 3.8) is 0 Å². The van der Waals surface area contributed by atoms with Crippen molar-refractivity contribution < 1.29 is 32.6 Å². The molecule has 0 radical (unpaired) electrons. The van der Waals surface area contributed by atoms with Crippen LogP contribution in [-0.2, 0) is 17.5 Å². The number of halogens is 3. The number of amides is 1. The Bertz CT molecular complexity index is 854. The van der Waals surface area contributed by atoms with Crippen LogP contribution in [0.1, 0.15) is 42.4 Å². The summed E-state index contributed by atoms with van der Waals surface area (Å²) < 4.78 is 44.8. The van der Waals surface area contributed by atoms with E-state index in [1.807, 2.05) is 0 Å². The number of carbonyl (C=O) groups excluding carboxylic acids is 1. The van der Waals surface area contributed by atoms with Gasteiger partial charge in [-0.15, -0.1) is 0 Å². The minimum absolute atomic E-state index is 0.0714. The van der Waals surface area contributed by atoms with Crippen LogP contribution < -0.4 is 5.32 Å². The number of nitrogens with one attached hydrogen (secondary N) is 1. The molecular weight excluding hydrogens is 367 g/mol. The van der Waals surface area contributed by atoms with E-state index < -0.39 is 35.1 Å². The molecule has 0 bridgehead atoms. The Labute approximate surface area is 152 Å². The normalized spacial score (nSPS) is 11.9. The highest BCUT2D eigenvalue weighted by Crippen LogP contribution is 2.31. The third-order valence-electron chi connectivity index (χ3n) is 3.22. The molecule has 0 saturated carbocycles. The van der Waals surface area contributed by atoms with Crippen LogP contribution in [-0.4, -0.2) is 32.6 Å². The first-order valence-electron chi connectivity index (χ1n) is 7.83. The molecular formula is C17H18F3N3O4. The maximum absolute atomic E-state index is 13.0. The number of rotatable bonds is 4. The monoisotopic (exact) mass is 385 g/mol. The number of ether oxygens (including phenoxy) is 1. The zero-order valence-corrected chi connectivity index (χ0v) is 14.8. The van der Waals surface area contributed by atoms with E-state index in [1.54, 1.807) is 32.9 Å². The number of benzene rings is 1. The smallest absolute Gasteiger partial charge is 0.436 e. The Balaban J connectivity index is 2.23. The number of hydrogen-bond donors (Lipinski definition) is 2. The Morgan fingerprint density at radius 1 is 1.26 bits per heavy atom. The molecule has 0 saturated heterocycles. The lowest BCUT2D eigenvalue weighted by Gasteiger charge is -2.19. The van der Waals surface area contributed by atoms with E-state index in [0.717, 1.165) is 10.9 Å². The lowest BCUT2D eigenvalue weighted by Crippen LogP contribution is -2.32. The Morgan fingerprint density at radius 3 is 2.44 bits per heavy atom. The fraction of sp³-hybridized carbons (Fsp3) is 0.353. The van der Waals surface area contributed by atoms with E-state index in [1.165, 1.54) is 12.1 Å². The summed E-state index contributed by atoms with van der Waals surface area (Å²) in [6.45, 7) is 5.21. The second-order valence-electron chi connectivity index (χ2n) is 6.66. The maximum atomic E-state index is 13.0. The third kappa shape index (κ3) is 5.47. The van der Waals surface area contributed by atoms with Gasteiger partial charge in [-0.1, -0.05) is 12.1 Å². The SMILES string of the molecule is CC(C)(C)OC(=O)NCc1cccc(-n2cc(C(=O)O)c(C(F)(F)F)n2)c1. The van der Waals surface area contributed by atoms with E-state index in [4.69, 9.17) is 9.84 Å². The summed E-state index contributed by atoms with van der Waals surface area (Å²) in [7, 11) is 0. The first kappa shape index (κ1) is 20.3. The molecule has 2 aromatic rings. The quantitative estimate of drug-likeness (QED) is 0.839. The molecule has 0 aliphatic carbocycles. The van der Waals surface area contributed by atoms with Crippen molar-refractivity contribution in [1.82, 2.24) is 15.1 Å². The van der Waals surface area contributed by atoms with Crippen molar-refractivity contribution in [2.75, 3.05) is 0 Å². The van der Waals surface area contributed by atoms with E-state index in [9.17, 15) is 22.8 Å². The highest BCUT2D eigenvalue weighted by molar-refractivity contribution is 5.89. The fourth-order valence-corrected chi connectivity index (χ4v) is 2.17. The van der Waals surface area contributed by atoms with Crippen molar-refractivity contribution in [3.05, 3.63) is 47.3 Å². The molecule has 146 valence electrons. The van der Waals surface area contributed by atoms with E-state index in [2.05, 4.69) is 10.4 Å². The molecule has 1 aromatic carbocycles. The number of hydrogen-bond acceptors (Lipinski definition) is 4. The van der Waals surface area contributed by atoms with Crippen molar-refractivity contribution >= 4 is 12.1 Å². The standard InChI is InChI=1S/C17H18F3N3O4/c1-16(2,3)27-15(26)21-8-10-5-4-6-11(7-10)23-9-12(14(24)25)13(22-23)17(18,19)20/h4-7,9H,8H2,1-3H3,(H,21,26)(H,24,25). The number of aromatic nitrogens is 2. The van der Waals surface area contributed by atoms with Gasteiger partial charge in [0, 0.05) is 12.7 Å². The minimum Gasteiger partial charge on any atom is -0.478 e. The van der Waals surface area contributed by atoms with Gasteiger partial charge in [0.05, 0.1) is 5.69 Å². The number of aromatic carboxylic acids is 1. The summed E-state index contributed by atoms with van der Waals surface area (Å²) in [6.07, 6.45) is -4.74. The average molecular weight is 385 g/mol. The summed E-state index contributed by atoms with van der Waals surface area (Å²) in [5, 5.41) is 14.9. The van der Waals surface area contributed by atoms with Crippen molar-refractivity contribution in [2.45, 2.75) is 39.1 Å². The summed E-state index contributed by atoms with van der Waals surface area (Å²) in [6, 6.07) is 6.15. The van der Waals surface area contributed by atoms with Crippen LogP contribution in [0.3, 0.4) is 0 Å². The minimum atomic E-state index is -4.89.